The minimum Gasteiger partial charge on any atom is -0.468 e. The number of carbonyl (C=O) groups is 2. The molecule has 0 N–H and O–H groups in total. The van der Waals surface area contributed by atoms with Crippen LogP contribution in [0.5, 0.6) is 0 Å². The molecule has 0 atom stereocenters. The second-order valence-corrected chi connectivity index (χ2v) is 4.04. The van der Waals surface area contributed by atoms with Crippen LogP contribution in [0.1, 0.15) is 15.9 Å². The number of hydrogen-bond acceptors (Lipinski definition) is 4. The van der Waals surface area contributed by atoms with Gasteiger partial charge in [-0.2, -0.15) is 0 Å². The quantitative estimate of drug-likeness (QED) is 0.446. The summed E-state index contributed by atoms with van der Waals surface area (Å²) in [5.41, 5.74) is 1.64. The molecule has 0 heterocycles. The topological polar surface area (TPSA) is 43.4 Å². The minimum absolute atomic E-state index is 0.223. The molecule has 0 aromatic heterocycles. The van der Waals surface area contributed by atoms with Crippen LogP contribution in [0.25, 0.3) is 0 Å². The lowest BCUT2D eigenvalue weighted by Gasteiger charge is -2.04. The van der Waals surface area contributed by atoms with E-state index in [1.54, 1.807) is 6.07 Å². The van der Waals surface area contributed by atoms with Gasteiger partial charge < -0.3 is 4.74 Å². The second kappa shape index (κ2) is 5.56. The first-order valence-corrected chi connectivity index (χ1v) is 5.41. The highest BCUT2D eigenvalue weighted by molar-refractivity contribution is 8.00. The fraction of sp³-hybridized carbons (Fsp3) is 0.273. The lowest BCUT2D eigenvalue weighted by Crippen LogP contribution is -2.03. The van der Waals surface area contributed by atoms with E-state index < -0.39 is 0 Å². The highest BCUT2D eigenvalue weighted by Gasteiger charge is 2.06. The number of benzene rings is 1. The van der Waals surface area contributed by atoms with E-state index in [0.717, 1.165) is 16.7 Å². The van der Waals surface area contributed by atoms with Gasteiger partial charge in [-0.25, -0.2) is 0 Å². The molecule has 0 aliphatic rings. The molecule has 0 radical (unpaired) electrons. The molecule has 1 aromatic carbocycles. The summed E-state index contributed by atoms with van der Waals surface area (Å²) in [6.45, 7) is 1.92. The fourth-order valence-corrected chi connectivity index (χ4v) is 1.92. The van der Waals surface area contributed by atoms with Crippen molar-refractivity contribution in [1.82, 2.24) is 0 Å². The fourth-order valence-electron chi connectivity index (χ4n) is 1.09. The van der Waals surface area contributed by atoms with Gasteiger partial charge >= 0.3 is 5.97 Å². The lowest BCUT2D eigenvalue weighted by atomic mass is 10.2. The van der Waals surface area contributed by atoms with Gasteiger partial charge in [0.15, 0.2) is 6.29 Å². The highest BCUT2D eigenvalue weighted by atomic mass is 32.2. The summed E-state index contributed by atoms with van der Waals surface area (Å²) in [5, 5.41) is 0. The van der Waals surface area contributed by atoms with Crippen LogP contribution in [0.2, 0.25) is 0 Å². The lowest BCUT2D eigenvalue weighted by molar-refractivity contribution is -0.137. The van der Waals surface area contributed by atoms with Crippen molar-refractivity contribution >= 4 is 24.0 Å². The number of methoxy groups -OCH3 is 1. The van der Waals surface area contributed by atoms with Crippen LogP contribution in [0.3, 0.4) is 0 Å². The Labute approximate surface area is 92.8 Å². The van der Waals surface area contributed by atoms with Crippen LogP contribution in [-0.4, -0.2) is 25.1 Å². The molecule has 3 nitrogen and oxygen atoms in total. The van der Waals surface area contributed by atoms with Crippen molar-refractivity contribution < 1.29 is 14.3 Å². The van der Waals surface area contributed by atoms with Crippen molar-refractivity contribution in [2.75, 3.05) is 12.9 Å². The first-order valence-electron chi connectivity index (χ1n) is 4.43. The van der Waals surface area contributed by atoms with E-state index in [2.05, 4.69) is 4.74 Å². The molecule has 0 fully saturated rings. The minimum atomic E-state index is -0.294. The monoisotopic (exact) mass is 224 g/mol. The Morgan fingerprint density at radius 3 is 2.87 bits per heavy atom. The Morgan fingerprint density at radius 2 is 2.27 bits per heavy atom. The summed E-state index contributed by atoms with van der Waals surface area (Å²) in [6.07, 6.45) is 0.798. The molecule has 1 rings (SSSR count). The van der Waals surface area contributed by atoms with Crippen LogP contribution < -0.4 is 0 Å². The standard InChI is InChI=1S/C11H12O3S/c1-8-3-4-10(9(5-8)6-12)15-7-11(13)14-2/h3-6H,7H2,1-2H3. The first-order chi connectivity index (χ1) is 7.17. The van der Waals surface area contributed by atoms with Gasteiger partial charge in [-0.1, -0.05) is 11.6 Å². The van der Waals surface area contributed by atoms with Crippen LogP contribution >= 0.6 is 11.8 Å². The van der Waals surface area contributed by atoms with E-state index in [4.69, 9.17) is 0 Å². The molecule has 1 aromatic rings. The van der Waals surface area contributed by atoms with Gasteiger partial charge in [0.05, 0.1) is 12.9 Å². The molecule has 0 aliphatic heterocycles. The summed E-state index contributed by atoms with van der Waals surface area (Å²) in [5.74, 6) is -0.0714. The van der Waals surface area contributed by atoms with Gasteiger partial charge in [-0.05, 0) is 19.1 Å². The zero-order chi connectivity index (χ0) is 11.3. The Kier molecular flexibility index (Phi) is 4.37. The van der Waals surface area contributed by atoms with Gasteiger partial charge in [-0.15, -0.1) is 11.8 Å². The predicted octanol–water partition coefficient (Wildman–Crippen LogP) is 2.07. The average molecular weight is 224 g/mol. The molecule has 0 aliphatic carbocycles. The zero-order valence-corrected chi connectivity index (χ0v) is 9.47. The first kappa shape index (κ1) is 11.8. The molecule has 4 heteroatoms. The maximum absolute atomic E-state index is 10.9. The van der Waals surface area contributed by atoms with Crippen LogP contribution in [0, 0.1) is 6.92 Å². The summed E-state index contributed by atoms with van der Waals surface area (Å²) in [4.78, 5) is 22.5. The van der Waals surface area contributed by atoms with Crippen molar-refractivity contribution in [3.05, 3.63) is 29.3 Å². The van der Waals surface area contributed by atoms with E-state index in [1.807, 2.05) is 19.1 Å². The Hall–Kier alpha value is -1.29. The largest absolute Gasteiger partial charge is 0.468 e. The third kappa shape index (κ3) is 3.40. The number of hydrogen-bond donors (Lipinski definition) is 0. The van der Waals surface area contributed by atoms with E-state index in [0.29, 0.717) is 5.56 Å². The van der Waals surface area contributed by atoms with Gasteiger partial charge in [0, 0.05) is 10.5 Å². The number of aryl methyl sites for hydroxylation is 1. The van der Waals surface area contributed by atoms with Crippen LogP contribution in [0.4, 0.5) is 0 Å². The highest BCUT2D eigenvalue weighted by Crippen LogP contribution is 2.22. The van der Waals surface area contributed by atoms with E-state index in [9.17, 15) is 9.59 Å². The molecule has 0 unspecified atom stereocenters. The van der Waals surface area contributed by atoms with E-state index >= 15 is 0 Å². The summed E-state index contributed by atoms with van der Waals surface area (Å²) >= 11 is 1.31. The molecule has 0 spiro atoms. The summed E-state index contributed by atoms with van der Waals surface area (Å²) in [6, 6.07) is 5.55. The average Bonchev–Trinajstić information content (AvgIpc) is 2.26. The van der Waals surface area contributed by atoms with E-state index in [-0.39, 0.29) is 11.7 Å². The number of esters is 1. The predicted molar refractivity (Wildman–Crippen MR) is 59.3 cm³/mol. The smallest absolute Gasteiger partial charge is 0.315 e. The number of ether oxygens (including phenoxy) is 1. The van der Waals surface area contributed by atoms with Crippen molar-refractivity contribution in [1.29, 1.82) is 0 Å². The molecule has 0 bridgehead atoms. The SMILES string of the molecule is COC(=O)CSc1ccc(C)cc1C=O. The summed E-state index contributed by atoms with van der Waals surface area (Å²) in [7, 11) is 1.35. The Morgan fingerprint density at radius 1 is 1.53 bits per heavy atom. The number of aldehydes is 1. The summed E-state index contributed by atoms with van der Waals surface area (Å²) < 4.78 is 4.52. The van der Waals surface area contributed by atoms with Crippen molar-refractivity contribution in [3.8, 4) is 0 Å². The maximum Gasteiger partial charge on any atom is 0.315 e. The Balaban J connectivity index is 2.76. The zero-order valence-electron chi connectivity index (χ0n) is 8.65. The molecule has 15 heavy (non-hydrogen) atoms. The second-order valence-electron chi connectivity index (χ2n) is 3.02. The third-order valence-electron chi connectivity index (χ3n) is 1.87. The normalized spacial score (nSPS) is 9.73. The van der Waals surface area contributed by atoms with Crippen LogP contribution in [0.15, 0.2) is 23.1 Å². The van der Waals surface area contributed by atoms with Gasteiger partial charge in [0.2, 0.25) is 0 Å². The number of rotatable bonds is 4. The van der Waals surface area contributed by atoms with Gasteiger partial charge in [0.25, 0.3) is 0 Å². The maximum atomic E-state index is 10.9. The number of thioether (sulfide) groups is 1. The molecule has 0 saturated heterocycles. The third-order valence-corrected chi connectivity index (χ3v) is 2.93. The van der Waals surface area contributed by atoms with Crippen molar-refractivity contribution in [2.45, 2.75) is 11.8 Å². The molecule has 0 amide bonds. The molecule has 80 valence electrons. The van der Waals surface area contributed by atoms with Crippen molar-refractivity contribution in [3.63, 3.8) is 0 Å². The van der Waals surface area contributed by atoms with Gasteiger partial charge in [0.1, 0.15) is 0 Å². The van der Waals surface area contributed by atoms with Crippen molar-refractivity contribution in [2.24, 2.45) is 0 Å². The molecular formula is C11H12O3S. The van der Waals surface area contributed by atoms with Crippen LogP contribution in [-0.2, 0) is 9.53 Å². The number of carbonyl (C=O) groups excluding carboxylic acids is 2. The molecule has 0 saturated carbocycles. The molecular weight excluding hydrogens is 212 g/mol. The van der Waals surface area contributed by atoms with E-state index in [1.165, 1.54) is 18.9 Å². The Bertz CT molecular complexity index is 374. The van der Waals surface area contributed by atoms with Gasteiger partial charge in [-0.3, -0.25) is 9.59 Å².